The standard InChI is InChI=1S/C11H18F3N3OS/c1-4-5-17(6-11(12,13)14)10-8(18-7(2)3)9(15)16-19-10/h7H,4-6H2,1-3H3,(H2,15,16). The second kappa shape index (κ2) is 6.31. The van der Waals surface area contributed by atoms with Crippen molar-refractivity contribution in [3.8, 4) is 5.75 Å². The number of anilines is 2. The van der Waals surface area contributed by atoms with E-state index in [-0.39, 0.29) is 24.2 Å². The van der Waals surface area contributed by atoms with Crippen LogP contribution in [-0.4, -0.2) is 29.7 Å². The van der Waals surface area contributed by atoms with Crippen LogP contribution in [0, 0.1) is 0 Å². The minimum absolute atomic E-state index is 0.136. The predicted molar refractivity (Wildman–Crippen MR) is 70.8 cm³/mol. The number of ether oxygens (including phenoxy) is 1. The Labute approximate surface area is 114 Å². The summed E-state index contributed by atoms with van der Waals surface area (Å²) < 4.78 is 47.1. The zero-order valence-electron chi connectivity index (χ0n) is 11.1. The Morgan fingerprint density at radius 2 is 2.05 bits per heavy atom. The average molecular weight is 297 g/mol. The van der Waals surface area contributed by atoms with Gasteiger partial charge in [-0.3, -0.25) is 0 Å². The fraction of sp³-hybridized carbons (Fsp3) is 0.727. The highest BCUT2D eigenvalue weighted by Crippen LogP contribution is 2.40. The molecule has 0 saturated carbocycles. The maximum atomic E-state index is 12.6. The van der Waals surface area contributed by atoms with Crippen molar-refractivity contribution in [3.63, 3.8) is 0 Å². The lowest BCUT2D eigenvalue weighted by Crippen LogP contribution is -2.34. The topological polar surface area (TPSA) is 51.4 Å². The molecule has 0 atom stereocenters. The lowest BCUT2D eigenvalue weighted by molar-refractivity contribution is -0.119. The lowest BCUT2D eigenvalue weighted by Gasteiger charge is -2.25. The summed E-state index contributed by atoms with van der Waals surface area (Å²) >= 11 is 0.933. The zero-order chi connectivity index (χ0) is 14.6. The molecule has 1 aromatic rings. The fourth-order valence-electron chi connectivity index (χ4n) is 1.57. The van der Waals surface area contributed by atoms with Gasteiger partial charge in [0.05, 0.1) is 6.10 Å². The van der Waals surface area contributed by atoms with Gasteiger partial charge in [-0.2, -0.15) is 17.5 Å². The van der Waals surface area contributed by atoms with Crippen LogP contribution < -0.4 is 15.4 Å². The van der Waals surface area contributed by atoms with E-state index in [4.69, 9.17) is 10.5 Å². The molecule has 0 unspecified atom stereocenters. The van der Waals surface area contributed by atoms with Crippen LogP contribution >= 0.6 is 11.5 Å². The minimum atomic E-state index is -4.27. The van der Waals surface area contributed by atoms with Crippen molar-refractivity contribution in [1.82, 2.24) is 4.37 Å². The molecule has 0 bridgehead atoms. The molecule has 110 valence electrons. The van der Waals surface area contributed by atoms with E-state index in [0.29, 0.717) is 11.4 Å². The molecule has 0 radical (unpaired) electrons. The van der Waals surface area contributed by atoms with E-state index in [1.54, 1.807) is 13.8 Å². The van der Waals surface area contributed by atoms with Crippen molar-refractivity contribution in [2.24, 2.45) is 0 Å². The Bertz CT molecular complexity index is 406. The van der Waals surface area contributed by atoms with Crippen LogP contribution in [0.5, 0.6) is 5.75 Å². The van der Waals surface area contributed by atoms with Crippen LogP contribution in [0.25, 0.3) is 0 Å². The second-order valence-corrected chi connectivity index (χ2v) is 5.16. The average Bonchev–Trinajstić information content (AvgIpc) is 2.57. The van der Waals surface area contributed by atoms with Gasteiger partial charge in [-0.25, -0.2) is 0 Å². The van der Waals surface area contributed by atoms with E-state index in [0.717, 1.165) is 11.5 Å². The van der Waals surface area contributed by atoms with Crippen molar-refractivity contribution in [2.75, 3.05) is 23.7 Å². The molecule has 2 N–H and O–H groups in total. The van der Waals surface area contributed by atoms with Crippen LogP contribution in [0.3, 0.4) is 0 Å². The van der Waals surface area contributed by atoms with Crippen molar-refractivity contribution < 1.29 is 17.9 Å². The summed E-state index contributed by atoms with van der Waals surface area (Å²) in [7, 11) is 0. The molecule has 0 aliphatic heterocycles. The molecule has 19 heavy (non-hydrogen) atoms. The molecule has 0 aliphatic carbocycles. The number of rotatable bonds is 6. The number of aromatic nitrogens is 1. The highest BCUT2D eigenvalue weighted by Gasteiger charge is 2.33. The van der Waals surface area contributed by atoms with E-state index >= 15 is 0 Å². The monoisotopic (exact) mass is 297 g/mol. The predicted octanol–water partition coefficient (Wildman–Crippen LogP) is 3.29. The Hall–Kier alpha value is -1.18. The second-order valence-electron chi connectivity index (χ2n) is 4.41. The first kappa shape index (κ1) is 15.9. The van der Waals surface area contributed by atoms with Gasteiger partial charge < -0.3 is 15.4 Å². The van der Waals surface area contributed by atoms with Crippen LogP contribution in [0.2, 0.25) is 0 Å². The normalized spacial score (nSPS) is 11.9. The van der Waals surface area contributed by atoms with Crippen LogP contribution in [0.4, 0.5) is 24.0 Å². The van der Waals surface area contributed by atoms with Crippen LogP contribution in [0.15, 0.2) is 0 Å². The van der Waals surface area contributed by atoms with Crippen LogP contribution in [-0.2, 0) is 0 Å². The van der Waals surface area contributed by atoms with Crippen molar-refractivity contribution >= 4 is 22.4 Å². The van der Waals surface area contributed by atoms with Gasteiger partial charge in [-0.15, -0.1) is 0 Å². The molecule has 1 heterocycles. The first-order valence-corrected chi connectivity index (χ1v) is 6.75. The summed E-state index contributed by atoms with van der Waals surface area (Å²) in [5, 5.41) is 0.338. The third-order valence-corrected chi connectivity index (χ3v) is 3.07. The summed E-state index contributed by atoms with van der Waals surface area (Å²) in [6.07, 6.45) is -3.86. The highest BCUT2D eigenvalue weighted by molar-refractivity contribution is 7.11. The summed E-state index contributed by atoms with van der Waals surface area (Å²) in [6.45, 7) is 4.63. The number of nitrogens with two attached hydrogens (primary N) is 1. The highest BCUT2D eigenvalue weighted by atomic mass is 32.1. The number of halogens is 3. The van der Waals surface area contributed by atoms with Gasteiger partial charge in [0, 0.05) is 6.54 Å². The van der Waals surface area contributed by atoms with Gasteiger partial charge in [0.15, 0.2) is 16.6 Å². The number of nitrogens with zero attached hydrogens (tertiary/aromatic N) is 2. The molecular weight excluding hydrogens is 279 g/mol. The first-order valence-electron chi connectivity index (χ1n) is 5.98. The van der Waals surface area contributed by atoms with Gasteiger partial charge in [-0.1, -0.05) is 6.92 Å². The number of hydrogen-bond donors (Lipinski definition) is 1. The smallest absolute Gasteiger partial charge is 0.405 e. The first-order chi connectivity index (χ1) is 8.74. The van der Waals surface area contributed by atoms with Gasteiger partial charge in [0.25, 0.3) is 0 Å². The van der Waals surface area contributed by atoms with E-state index in [2.05, 4.69) is 4.37 Å². The summed E-state index contributed by atoms with van der Waals surface area (Å²) in [5.41, 5.74) is 5.65. The van der Waals surface area contributed by atoms with Crippen LogP contribution in [0.1, 0.15) is 27.2 Å². The van der Waals surface area contributed by atoms with E-state index in [1.807, 2.05) is 6.92 Å². The van der Waals surface area contributed by atoms with Crippen molar-refractivity contribution in [2.45, 2.75) is 39.5 Å². The third kappa shape index (κ3) is 4.77. The third-order valence-electron chi connectivity index (χ3n) is 2.16. The maximum Gasteiger partial charge on any atom is 0.405 e. The Balaban J connectivity index is 3.01. The molecule has 1 aromatic heterocycles. The molecule has 1 rings (SSSR count). The molecule has 0 aliphatic rings. The van der Waals surface area contributed by atoms with E-state index < -0.39 is 12.7 Å². The maximum absolute atomic E-state index is 12.6. The molecule has 0 spiro atoms. The van der Waals surface area contributed by atoms with Gasteiger partial charge in [0.2, 0.25) is 0 Å². The SMILES string of the molecule is CCCN(CC(F)(F)F)c1snc(N)c1OC(C)C. The Morgan fingerprint density at radius 1 is 1.42 bits per heavy atom. The Kier molecular flexibility index (Phi) is 5.28. The molecular formula is C11H18F3N3OS. The van der Waals surface area contributed by atoms with E-state index in [1.165, 1.54) is 4.90 Å². The van der Waals surface area contributed by atoms with Gasteiger partial charge in [0.1, 0.15) is 6.54 Å². The van der Waals surface area contributed by atoms with Crippen molar-refractivity contribution in [3.05, 3.63) is 0 Å². The van der Waals surface area contributed by atoms with E-state index in [9.17, 15) is 13.2 Å². The lowest BCUT2D eigenvalue weighted by atomic mass is 10.3. The zero-order valence-corrected chi connectivity index (χ0v) is 11.9. The number of hydrogen-bond acceptors (Lipinski definition) is 5. The minimum Gasteiger partial charge on any atom is -0.484 e. The number of alkyl halides is 3. The van der Waals surface area contributed by atoms with Gasteiger partial charge in [-0.05, 0) is 31.8 Å². The summed E-state index contributed by atoms with van der Waals surface area (Å²) in [6, 6.07) is 0. The summed E-state index contributed by atoms with van der Waals surface area (Å²) in [5.74, 6) is 0.384. The number of nitrogen functional groups attached to an aromatic ring is 1. The molecule has 0 aromatic carbocycles. The van der Waals surface area contributed by atoms with Crippen molar-refractivity contribution in [1.29, 1.82) is 0 Å². The molecule has 0 amide bonds. The molecule has 4 nitrogen and oxygen atoms in total. The molecule has 0 saturated heterocycles. The largest absolute Gasteiger partial charge is 0.484 e. The fourth-order valence-corrected chi connectivity index (χ4v) is 2.35. The molecule has 0 fully saturated rings. The Morgan fingerprint density at radius 3 is 2.53 bits per heavy atom. The quantitative estimate of drug-likeness (QED) is 0.875. The molecule has 8 heteroatoms. The summed E-state index contributed by atoms with van der Waals surface area (Å²) in [4.78, 5) is 1.21. The van der Waals surface area contributed by atoms with Gasteiger partial charge >= 0.3 is 6.18 Å².